The van der Waals surface area contributed by atoms with Gasteiger partial charge in [-0.1, -0.05) is 6.92 Å². The average molecular weight is 239 g/mol. The number of nitrogens with one attached hydrogen (secondary N) is 1. The van der Waals surface area contributed by atoms with E-state index in [0.29, 0.717) is 12.2 Å². The molecule has 2 heterocycles. The molecule has 5 heteroatoms. The van der Waals surface area contributed by atoms with Crippen LogP contribution in [0, 0.1) is 5.92 Å². The first-order chi connectivity index (χ1) is 8.13. The Morgan fingerprint density at radius 1 is 1.71 bits per heavy atom. The van der Waals surface area contributed by atoms with Gasteiger partial charge in [-0.3, -0.25) is 4.68 Å². The smallest absolute Gasteiger partial charge is 0.162 e. The quantitative estimate of drug-likeness (QED) is 0.816. The predicted octanol–water partition coefficient (Wildman–Crippen LogP) is 0.729. The van der Waals surface area contributed by atoms with Crippen molar-refractivity contribution < 1.29 is 9.84 Å². The zero-order chi connectivity index (χ0) is 12.5. The van der Waals surface area contributed by atoms with Gasteiger partial charge in [-0.25, -0.2) is 0 Å². The molecule has 1 aromatic rings. The first-order valence-corrected chi connectivity index (χ1v) is 6.16. The molecule has 1 saturated heterocycles. The number of ether oxygens (including phenoxy) is 1. The van der Waals surface area contributed by atoms with Gasteiger partial charge in [0.15, 0.2) is 5.75 Å². The maximum absolute atomic E-state index is 10.9. The second-order valence-corrected chi connectivity index (χ2v) is 4.66. The molecule has 96 valence electrons. The minimum absolute atomic E-state index is 0.146. The van der Waals surface area contributed by atoms with Gasteiger partial charge in [-0.05, 0) is 19.9 Å². The van der Waals surface area contributed by atoms with E-state index in [4.69, 9.17) is 4.74 Å². The highest BCUT2D eigenvalue weighted by Gasteiger charge is 2.42. The molecule has 17 heavy (non-hydrogen) atoms. The maximum atomic E-state index is 10.9. The summed E-state index contributed by atoms with van der Waals surface area (Å²) in [4.78, 5) is 0. The Bertz CT molecular complexity index is 370. The molecule has 1 fully saturated rings. The molecule has 0 amide bonds. The highest BCUT2D eigenvalue weighted by Crippen LogP contribution is 2.39. The van der Waals surface area contributed by atoms with E-state index < -0.39 is 5.60 Å². The van der Waals surface area contributed by atoms with Gasteiger partial charge in [0.2, 0.25) is 0 Å². The SMILES string of the molecule is CCn1ncc(OC)c1C1(O)CCNCC1C. The summed E-state index contributed by atoms with van der Waals surface area (Å²) in [6.07, 6.45) is 2.38. The molecular weight excluding hydrogens is 218 g/mol. The van der Waals surface area contributed by atoms with E-state index in [9.17, 15) is 5.11 Å². The van der Waals surface area contributed by atoms with E-state index >= 15 is 0 Å². The standard InChI is InChI=1S/C12H21N3O2/c1-4-15-11(10(17-3)8-14-15)12(16)5-6-13-7-9(12)2/h8-9,13,16H,4-7H2,1-3H3. The number of piperidine rings is 1. The molecule has 2 atom stereocenters. The largest absolute Gasteiger partial charge is 0.493 e. The summed E-state index contributed by atoms with van der Waals surface area (Å²) in [5.41, 5.74) is -0.0279. The van der Waals surface area contributed by atoms with Gasteiger partial charge in [0.25, 0.3) is 0 Å². The minimum atomic E-state index is -0.844. The van der Waals surface area contributed by atoms with Crippen molar-refractivity contribution in [1.29, 1.82) is 0 Å². The van der Waals surface area contributed by atoms with E-state index in [2.05, 4.69) is 17.3 Å². The Kier molecular flexibility index (Phi) is 3.40. The number of hydrogen-bond acceptors (Lipinski definition) is 4. The predicted molar refractivity (Wildman–Crippen MR) is 65.0 cm³/mol. The van der Waals surface area contributed by atoms with Crippen LogP contribution < -0.4 is 10.1 Å². The molecule has 5 nitrogen and oxygen atoms in total. The Balaban J connectivity index is 2.46. The summed E-state index contributed by atoms with van der Waals surface area (Å²) >= 11 is 0. The van der Waals surface area contributed by atoms with E-state index in [1.54, 1.807) is 13.3 Å². The van der Waals surface area contributed by atoms with Crippen LogP contribution in [0.5, 0.6) is 5.75 Å². The van der Waals surface area contributed by atoms with Gasteiger partial charge >= 0.3 is 0 Å². The van der Waals surface area contributed by atoms with Crippen LogP contribution >= 0.6 is 0 Å². The fraction of sp³-hybridized carbons (Fsp3) is 0.750. The third-order valence-corrected chi connectivity index (χ3v) is 3.68. The molecule has 0 saturated carbocycles. The average Bonchev–Trinajstić information content (AvgIpc) is 2.76. The molecule has 1 aliphatic heterocycles. The third-order valence-electron chi connectivity index (χ3n) is 3.68. The summed E-state index contributed by atoms with van der Waals surface area (Å²) in [6, 6.07) is 0. The van der Waals surface area contributed by atoms with E-state index in [1.165, 1.54) is 0 Å². The van der Waals surface area contributed by atoms with Gasteiger partial charge in [-0.2, -0.15) is 5.10 Å². The third kappa shape index (κ3) is 1.93. The fourth-order valence-corrected chi connectivity index (χ4v) is 2.56. The first-order valence-electron chi connectivity index (χ1n) is 6.16. The van der Waals surface area contributed by atoms with Crippen molar-refractivity contribution >= 4 is 0 Å². The van der Waals surface area contributed by atoms with Crippen LogP contribution in [0.1, 0.15) is 26.0 Å². The minimum Gasteiger partial charge on any atom is -0.493 e. The highest BCUT2D eigenvalue weighted by atomic mass is 16.5. The summed E-state index contributed by atoms with van der Waals surface area (Å²) in [7, 11) is 1.62. The van der Waals surface area contributed by atoms with Gasteiger partial charge < -0.3 is 15.2 Å². The Morgan fingerprint density at radius 2 is 2.47 bits per heavy atom. The van der Waals surface area contributed by atoms with E-state index in [1.807, 2.05) is 11.6 Å². The van der Waals surface area contributed by atoms with Crippen molar-refractivity contribution in [3.05, 3.63) is 11.9 Å². The van der Waals surface area contributed by atoms with Crippen LogP contribution in [0.4, 0.5) is 0 Å². The summed E-state index contributed by atoms with van der Waals surface area (Å²) in [5.74, 6) is 0.829. The fourth-order valence-electron chi connectivity index (χ4n) is 2.56. The maximum Gasteiger partial charge on any atom is 0.162 e. The Labute approximate surface area is 102 Å². The number of hydrogen-bond donors (Lipinski definition) is 2. The zero-order valence-corrected chi connectivity index (χ0v) is 10.7. The van der Waals surface area contributed by atoms with E-state index in [0.717, 1.165) is 25.3 Å². The summed E-state index contributed by atoms with van der Waals surface area (Å²) in [6.45, 7) is 6.44. The van der Waals surface area contributed by atoms with Crippen molar-refractivity contribution in [2.24, 2.45) is 5.92 Å². The van der Waals surface area contributed by atoms with E-state index in [-0.39, 0.29) is 5.92 Å². The Hall–Kier alpha value is -1.07. The topological polar surface area (TPSA) is 59.3 Å². The second-order valence-electron chi connectivity index (χ2n) is 4.66. The normalized spacial score (nSPS) is 29.3. The van der Waals surface area contributed by atoms with Gasteiger partial charge in [0, 0.05) is 19.0 Å². The molecule has 0 spiro atoms. The van der Waals surface area contributed by atoms with Crippen molar-refractivity contribution in [2.45, 2.75) is 32.4 Å². The second kappa shape index (κ2) is 4.66. The van der Waals surface area contributed by atoms with Gasteiger partial charge in [0.1, 0.15) is 11.3 Å². The number of rotatable bonds is 3. The van der Waals surface area contributed by atoms with Crippen LogP contribution in [0.15, 0.2) is 6.20 Å². The molecular formula is C12H21N3O2. The lowest BCUT2D eigenvalue weighted by Gasteiger charge is -2.39. The van der Waals surface area contributed by atoms with Crippen molar-refractivity contribution in [2.75, 3.05) is 20.2 Å². The van der Waals surface area contributed by atoms with Crippen LogP contribution in [0.2, 0.25) is 0 Å². The number of aryl methyl sites for hydroxylation is 1. The van der Waals surface area contributed by atoms with Gasteiger partial charge in [0.05, 0.1) is 13.3 Å². The van der Waals surface area contributed by atoms with Crippen molar-refractivity contribution in [1.82, 2.24) is 15.1 Å². The van der Waals surface area contributed by atoms with Crippen molar-refractivity contribution in [3.8, 4) is 5.75 Å². The Morgan fingerprint density at radius 3 is 3.06 bits per heavy atom. The molecule has 1 aliphatic rings. The monoisotopic (exact) mass is 239 g/mol. The lowest BCUT2D eigenvalue weighted by atomic mass is 9.80. The lowest BCUT2D eigenvalue weighted by molar-refractivity contribution is -0.0480. The summed E-state index contributed by atoms with van der Waals surface area (Å²) < 4.78 is 7.16. The van der Waals surface area contributed by atoms with Crippen LogP contribution in [0.3, 0.4) is 0 Å². The molecule has 0 radical (unpaired) electrons. The zero-order valence-electron chi connectivity index (χ0n) is 10.7. The summed E-state index contributed by atoms with van der Waals surface area (Å²) in [5, 5.41) is 18.5. The number of nitrogens with zero attached hydrogens (tertiary/aromatic N) is 2. The van der Waals surface area contributed by atoms with Crippen LogP contribution in [-0.4, -0.2) is 35.1 Å². The van der Waals surface area contributed by atoms with Crippen LogP contribution in [-0.2, 0) is 12.1 Å². The molecule has 0 aliphatic carbocycles. The molecule has 0 bridgehead atoms. The lowest BCUT2D eigenvalue weighted by Crippen LogP contribution is -2.48. The molecule has 2 N–H and O–H groups in total. The number of aromatic nitrogens is 2. The molecule has 0 aromatic carbocycles. The highest BCUT2D eigenvalue weighted by molar-refractivity contribution is 5.32. The first kappa shape index (κ1) is 12.4. The number of aliphatic hydroxyl groups is 1. The molecule has 2 unspecified atom stereocenters. The molecule has 1 aromatic heterocycles. The van der Waals surface area contributed by atoms with Gasteiger partial charge in [-0.15, -0.1) is 0 Å². The van der Waals surface area contributed by atoms with Crippen LogP contribution in [0.25, 0.3) is 0 Å². The number of methoxy groups -OCH3 is 1. The molecule has 2 rings (SSSR count). The van der Waals surface area contributed by atoms with Crippen molar-refractivity contribution in [3.63, 3.8) is 0 Å².